The Bertz CT molecular complexity index is 364. The zero-order valence-corrected chi connectivity index (χ0v) is 12.3. The summed E-state index contributed by atoms with van der Waals surface area (Å²) in [4.78, 5) is 0. The Hall–Kier alpha value is -0.160. The fraction of sp³-hybridized carbons (Fsp3) is 0.500. The van der Waals surface area contributed by atoms with Gasteiger partial charge in [0.15, 0.2) is 0 Å². The van der Waals surface area contributed by atoms with E-state index in [1.54, 1.807) is 18.2 Å². The molecule has 0 aliphatic carbocycles. The average Bonchev–Trinajstić information content (AvgIpc) is 2.29. The number of benzene rings is 1. The average molecular weight is 327 g/mol. The molecule has 0 saturated heterocycles. The lowest BCUT2D eigenvalue weighted by Gasteiger charge is -2.24. The second-order valence-corrected chi connectivity index (χ2v) is 4.90. The third-order valence-electron chi connectivity index (χ3n) is 2.94. The first-order chi connectivity index (χ1) is 7.49. The van der Waals surface area contributed by atoms with Crippen LogP contribution < -0.4 is 5.73 Å². The largest absolute Gasteiger partial charge is 0.391 e. The summed E-state index contributed by atoms with van der Waals surface area (Å²) in [6, 6.07) is 4.25. The first-order valence-corrected chi connectivity index (χ1v) is 6.15. The monoisotopic (exact) mass is 325 g/mol. The Labute approximate surface area is 116 Å². The van der Waals surface area contributed by atoms with Gasteiger partial charge in [0.25, 0.3) is 0 Å². The Balaban J connectivity index is 0.00000256. The normalized spacial score (nSPS) is 15.9. The fourth-order valence-electron chi connectivity index (χ4n) is 1.56. The number of nitrogens with two attached hydrogens (primary N) is 1. The van der Waals surface area contributed by atoms with E-state index in [-0.39, 0.29) is 18.3 Å². The lowest BCUT2D eigenvalue weighted by atomic mass is 9.91. The van der Waals surface area contributed by atoms with Crippen LogP contribution in [0.15, 0.2) is 22.7 Å². The van der Waals surface area contributed by atoms with E-state index in [9.17, 15) is 9.50 Å². The van der Waals surface area contributed by atoms with Crippen molar-refractivity contribution in [3.05, 3.63) is 34.1 Å². The fourth-order valence-corrected chi connectivity index (χ4v) is 1.94. The Kier molecular flexibility index (Phi) is 7.24. The molecule has 5 heteroatoms. The minimum atomic E-state index is -0.728. The topological polar surface area (TPSA) is 46.2 Å². The Morgan fingerprint density at radius 3 is 2.59 bits per heavy atom. The zero-order chi connectivity index (χ0) is 12.3. The number of hydrogen-bond acceptors (Lipinski definition) is 2. The van der Waals surface area contributed by atoms with E-state index in [1.165, 1.54) is 0 Å². The second kappa shape index (κ2) is 7.31. The molecule has 2 nitrogen and oxygen atoms in total. The van der Waals surface area contributed by atoms with E-state index in [1.807, 2.05) is 13.8 Å². The SMILES string of the molecule is CCC(C)[C@@H](O)[C@@H](N)c1cccc(Br)c1F.Cl. The van der Waals surface area contributed by atoms with Crippen LogP contribution in [0.3, 0.4) is 0 Å². The molecule has 3 N–H and O–H groups in total. The molecule has 0 fully saturated rings. The lowest BCUT2D eigenvalue weighted by molar-refractivity contribution is 0.0867. The van der Waals surface area contributed by atoms with Gasteiger partial charge in [0.2, 0.25) is 0 Å². The minimum absolute atomic E-state index is 0. The van der Waals surface area contributed by atoms with Gasteiger partial charge in [-0.2, -0.15) is 0 Å². The maximum atomic E-state index is 13.7. The van der Waals surface area contributed by atoms with Gasteiger partial charge in [-0.05, 0) is 27.9 Å². The van der Waals surface area contributed by atoms with E-state index in [0.29, 0.717) is 10.0 Å². The van der Waals surface area contributed by atoms with Crippen molar-refractivity contribution >= 4 is 28.3 Å². The number of aliphatic hydroxyl groups is 1. The number of hydrogen-bond donors (Lipinski definition) is 2. The second-order valence-electron chi connectivity index (χ2n) is 4.04. The van der Waals surface area contributed by atoms with Crippen LogP contribution >= 0.6 is 28.3 Å². The molecular formula is C12H18BrClFNO. The highest BCUT2D eigenvalue weighted by molar-refractivity contribution is 9.10. The van der Waals surface area contributed by atoms with Crippen LogP contribution in [-0.4, -0.2) is 11.2 Å². The smallest absolute Gasteiger partial charge is 0.142 e. The van der Waals surface area contributed by atoms with Gasteiger partial charge in [-0.25, -0.2) is 4.39 Å². The van der Waals surface area contributed by atoms with Crippen LogP contribution in [-0.2, 0) is 0 Å². The summed E-state index contributed by atoms with van der Waals surface area (Å²) in [5, 5.41) is 9.95. The number of halogens is 3. The summed E-state index contributed by atoms with van der Waals surface area (Å²) < 4.78 is 14.1. The highest BCUT2D eigenvalue weighted by atomic mass is 79.9. The van der Waals surface area contributed by atoms with Crippen LogP contribution in [0.1, 0.15) is 31.9 Å². The molecule has 1 aromatic carbocycles. The number of aliphatic hydroxyl groups excluding tert-OH is 1. The molecule has 0 aliphatic heterocycles. The third-order valence-corrected chi connectivity index (χ3v) is 3.55. The van der Waals surface area contributed by atoms with Crippen molar-refractivity contribution < 1.29 is 9.50 Å². The van der Waals surface area contributed by atoms with Crippen LogP contribution in [0.5, 0.6) is 0 Å². The van der Waals surface area contributed by atoms with Crippen LogP contribution in [0.2, 0.25) is 0 Å². The molecule has 0 radical (unpaired) electrons. The van der Waals surface area contributed by atoms with Gasteiger partial charge in [0.1, 0.15) is 5.82 Å². The molecule has 1 unspecified atom stereocenters. The molecule has 0 aromatic heterocycles. The van der Waals surface area contributed by atoms with Crippen molar-refractivity contribution in [2.45, 2.75) is 32.4 Å². The Morgan fingerprint density at radius 1 is 1.47 bits per heavy atom. The summed E-state index contributed by atoms with van der Waals surface area (Å²) in [6.45, 7) is 3.87. The molecule has 0 saturated carbocycles. The van der Waals surface area contributed by atoms with Gasteiger partial charge in [-0.15, -0.1) is 12.4 Å². The highest BCUT2D eigenvalue weighted by Crippen LogP contribution is 2.27. The van der Waals surface area contributed by atoms with E-state index >= 15 is 0 Å². The maximum Gasteiger partial charge on any atom is 0.142 e. The maximum absolute atomic E-state index is 13.7. The molecule has 3 atom stereocenters. The van der Waals surface area contributed by atoms with Crippen molar-refractivity contribution in [3.8, 4) is 0 Å². The van der Waals surface area contributed by atoms with Gasteiger partial charge >= 0.3 is 0 Å². The van der Waals surface area contributed by atoms with Crippen molar-refractivity contribution in [1.82, 2.24) is 0 Å². The standard InChI is InChI=1S/C12H17BrFNO.ClH/c1-3-7(2)12(16)11(15)8-5-4-6-9(13)10(8)14;/h4-7,11-12,16H,3,15H2,1-2H3;1H/t7?,11-,12+;/m0./s1. The quantitative estimate of drug-likeness (QED) is 0.890. The van der Waals surface area contributed by atoms with Gasteiger partial charge in [0, 0.05) is 5.56 Å². The van der Waals surface area contributed by atoms with E-state index in [0.717, 1.165) is 6.42 Å². The third kappa shape index (κ3) is 3.91. The molecule has 0 heterocycles. The summed E-state index contributed by atoms with van der Waals surface area (Å²) in [6.07, 6.45) is 0.0820. The molecule has 0 spiro atoms. The van der Waals surface area contributed by atoms with E-state index < -0.39 is 18.0 Å². The molecule has 0 bridgehead atoms. The predicted molar refractivity (Wildman–Crippen MR) is 73.7 cm³/mol. The van der Waals surface area contributed by atoms with Crippen molar-refractivity contribution in [3.63, 3.8) is 0 Å². The van der Waals surface area contributed by atoms with Crippen LogP contribution in [0, 0.1) is 11.7 Å². The van der Waals surface area contributed by atoms with Crippen LogP contribution in [0.25, 0.3) is 0 Å². The highest BCUT2D eigenvalue weighted by Gasteiger charge is 2.24. The van der Waals surface area contributed by atoms with Gasteiger partial charge in [-0.3, -0.25) is 0 Å². The molecule has 17 heavy (non-hydrogen) atoms. The van der Waals surface area contributed by atoms with Gasteiger partial charge in [0.05, 0.1) is 16.6 Å². The first kappa shape index (κ1) is 16.8. The predicted octanol–water partition coefficient (Wildman–Crippen LogP) is 3.42. The molecule has 1 rings (SSSR count). The van der Waals surface area contributed by atoms with E-state index in [2.05, 4.69) is 15.9 Å². The zero-order valence-electron chi connectivity index (χ0n) is 9.86. The molecule has 0 amide bonds. The lowest BCUT2D eigenvalue weighted by Crippen LogP contribution is -2.32. The first-order valence-electron chi connectivity index (χ1n) is 5.36. The summed E-state index contributed by atoms with van der Waals surface area (Å²) in [7, 11) is 0. The minimum Gasteiger partial charge on any atom is -0.391 e. The van der Waals surface area contributed by atoms with Gasteiger partial charge < -0.3 is 10.8 Å². The van der Waals surface area contributed by atoms with Crippen molar-refractivity contribution in [2.24, 2.45) is 11.7 Å². The molecule has 1 aromatic rings. The summed E-state index contributed by atoms with van der Waals surface area (Å²) >= 11 is 3.11. The molecule has 98 valence electrons. The molecular weight excluding hydrogens is 308 g/mol. The summed E-state index contributed by atoms with van der Waals surface area (Å²) in [5.41, 5.74) is 6.22. The van der Waals surface area contributed by atoms with Crippen molar-refractivity contribution in [1.29, 1.82) is 0 Å². The Morgan fingerprint density at radius 2 is 2.06 bits per heavy atom. The van der Waals surface area contributed by atoms with Crippen LogP contribution in [0.4, 0.5) is 4.39 Å². The van der Waals surface area contributed by atoms with Gasteiger partial charge in [-0.1, -0.05) is 32.4 Å². The number of rotatable bonds is 4. The molecule has 0 aliphatic rings. The summed E-state index contributed by atoms with van der Waals surface area (Å²) in [5.74, 6) is -0.342. The van der Waals surface area contributed by atoms with Crippen molar-refractivity contribution in [2.75, 3.05) is 0 Å². The van der Waals surface area contributed by atoms with E-state index in [4.69, 9.17) is 5.73 Å².